The van der Waals surface area contributed by atoms with Gasteiger partial charge in [-0.1, -0.05) is 11.8 Å². The van der Waals surface area contributed by atoms with E-state index in [-0.39, 0.29) is 11.9 Å². The highest BCUT2D eigenvalue weighted by molar-refractivity contribution is 8.00. The molecular weight excluding hydrogens is 306 g/mol. The lowest BCUT2D eigenvalue weighted by Crippen LogP contribution is -2.27. The molecule has 1 unspecified atom stereocenters. The smallest absolute Gasteiger partial charge is 0.231 e. The standard InChI is InChI=1S/C14H13N3O2S2/c1-9(11-3-2-5-19-11)17-12(18)7-21-14-13-10(4-6-20-13)15-8-16-14/h2-6,8-9H,7H2,1H3,(H,17,18). The van der Waals surface area contributed by atoms with Gasteiger partial charge in [-0.15, -0.1) is 11.3 Å². The van der Waals surface area contributed by atoms with Crippen LogP contribution in [0, 0.1) is 0 Å². The zero-order chi connectivity index (χ0) is 14.7. The van der Waals surface area contributed by atoms with Crippen LogP contribution >= 0.6 is 23.1 Å². The summed E-state index contributed by atoms with van der Waals surface area (Å²) < 4.78 is 6.29. The molecule has 3 aromatic rings. The number of nitrogens with zero attached hydrogens (tertiary/aromatic N) is 2. The van der Waals surface area contributed by atoms with E-state index in [9.17, 15) is 4.79 Å². The summed E-state index contributed by atoms with van der Waals surface area (Å²) in [6.45, 7) is 1.89. The number of hydrogen-bond acceptors (Lipinski definition) is 6. The molecule has 0 aliphatic heterocycles. The van der Waals surface area contributed by atoms with Crippen molar-refractivity contribution in [2.45, 2.75) is 18.0 Å². The van der Waals surface area contributed by atoms with Crippen LogP contribution in [0.1, 0.15) is 18.7 Å². The van der Waals surface area contributed by atoms with Gasteiger partial charge in [0, 0.05) is 0 Å². The predicted octanol–water partition coefficient (Wildman–Crippen LogP) is 3.25. The quantitative estimate of drug-likeness (QED) is 0.577. The fourth-order valence-electron chi connectivity index (χ4n) is 1.89. The molecule has 3 aromatic heterocycles. The van der Waals surface area contributed by atoms with E-state index in [4.69, 9.17) is 4.42 Å². The number of hydrogen-bond donors (Lipinski definition) is 1. The van der Waals surface area contributed by atoms with Crippen LogP contribution in [-0.2, 0) is 4.79 Å². The van der Waals surface area contributed by atoms with Crippen LogP contribution in [0.4, 0.5) is 0 Å². The molecule has 0 saturated heterocycles. The van der Waals surface area contributed by atoms with E-state index in [0.29, 0.717) is 5.75 Å². The molecule has 1 amide bonds. The molecule has 21 heavy (non-hydrogen) atoms. The Hall–Kier alpha value is -1.86. The number of thioether (sulfide) groups is 1. The number of carbonyl (C=O) groups is 1. The van der Waals surface area contributed by atoms with Crippen molar-refractivity contribution in [3.05, 3.63) is 41.9 Å². The molecule has 108 valence electrons. The van der Waals surface area contributed by atoms with Gasteiger partial charge >= 0.3 is 0 Å². The van der Waals surface area contributed by atoms with Crippen molar-refractivity contribution < 1.29 is 9.21 Å². The third kappa shape index (κ3) is 3.25. The number of aromatic nitrogens is 2. The van der Waals surface area contributed by atoms with Gasteiger partial charge in [0.2, 0.25) is 5.91 Å². The summed E-state index contributed by atoms with van der Waals surface area (Å²) >= 11 is 3.00. The lowest BCUT2D eigenvalue weighted by Gasteiger charge is -2.11. The van der Waals surface area contributed by atoms with Crippen LogP contribution in [0.25, 0.3) is 10.2 Å². The van der Waals surface area contributed by atoms with Crippen molar-refractivity contribution in [2.75, 3.05) is 5.75 Å². The van der Waals surface area contributed by atoms with Gasteiger partial charge in [0.25, 0.3) is 0 Å². The first-order valence-corrected chi connectivity index (χ1v) is 8.24. The van der Waals surface area contributed by atoms with Gasteiger partial charge in [-0.2, -0.15) is 0 Å². The average Bonchev–Trinajstić information content (AvgIpc) is 3.15. The van der Waals surface area contributed by atoms with E-state index in [1.165, 1.54) is 18.1 Å². The van der Waals surface area contributed by atoms with Crippen LogP contribution in [0.3, 0.4) is 0 Å². The van der Waals surface area contributed by atoms with Crippen LogP contribution in [0.5, 0.6) is 0 Å². The zero-order valence-electron chi connectivity index (χ0n) is 11.3. The highest BCUT2D eigenvalue weighted by Crippen LogP contribution is 2.28. The third-order valence-electron chi connectivity index (χ3n) is 2.90. The number of rotatable bonds is 5. The minimum atomic E-state index is -0.139. The van der Waals surface area contributed by atoms with Crippen molar-refractivity contribution in [3.63, 3.8) is 0 Å². The van der Waals surface area contributed by atoms with E-state index in [2.05, 4.69) is 15.3 Å². The van der Waals surface area contributed by atoms with Crippen molar-refractivity contribution in [2.24, 2.45) is 0 Å². The number of carbonyl (C=O) groups excluding carboxylic acids is 1. The Balaban J connectivity index is 1.60. The minimum absolute atomic E-state index is 0.0489. The molecule has 0 fully saturated rings. The van der Waals surface area contributed by atoms with Gasteiger partial charge in [0.05, 0.1) is 28.3 Å². The average molecular weight is 319 g/mol. The molecule has 3 heterocycles. The van der Waals surface area contributed by atoms with Crippen LogP contribution in [0.2, 0.25) is 0 Å². The van der Waals surface area contributed by atoms with Gasteiger partial charge in [-0.3, -0.25) is 4.79 Å². The maximum Gasteiger partial charge on any atom is 0.231 e. The summed E-state index contributed by atoms with van der Waals surface area (Å²) in [6, 6.07) is 5.46. The van der Waals surface area contributed by atoms with Gasteiger partial charge in [-0.05, 0) is 30.5 Å². The predicted molar refractivity (Wildman–Crippen MR) is 83.4 cm³/mol. The largest absolute Gasteiger partial charge is 0.467 e. The second-order valence-corrected chi connectivity index (χ2v) is 6.29. The van der Waals surface area contributed by atoms with Gasteiger partial charge in [0.15, 0.2) is 0 Å². The SMILES string of the molecule is CC(NC(=O)CSc1ncnc2ccsc12)c1ccco1. The second kappa shape index (κ2) is 6.28. The lowest BCUT2D eigenvalue weighted by molar-refractivity contribution is -0.119. The molecule has 1 atom stereocenters. The summed E-state index contributed by atoms with van der Waals surface area (Å²) in [5.41, 5.74) is 0.918. The highest BCUT2D eigenvalue weighted by atomic mass is 32.2. The molecule has 1 N–H and O–H groups in total. The number of thiophene rings is 1. The number of furan rings is 1. The minimum Gasteiger partial charge on any atom is -0.467 e. The monoisotopic (exact) mass is 319 g/mol. The maximum atomic E-state index is 12.0. The van der Waals surface area contributed by atoms with Crippen molar-refractivity contribution >= 4 is 39.2 Å². The topological polar surface area (TPSA) is 68.0 Å². The van der Waals surface area contributed by atoms with Crippen LogP contribution in [0.15, 0.2) is 45.6 Å². The first-order chi connectivity index (χ1) is 10.2. The van der Waals surface area contributed by atoms with Crippen LogP contribution < -0.4 is 5.32 Å². The van der Waals surface area contributed by atoms with Gasteiger partial charge in [-0.25, -0.2) is 9.97 Å². The molecule has 0 saturated carbocycles. The van der Waals surface area contributed by atoms with Gasteiger partial charge < -0.3 is 9.73 Å². The van der Waals surface area contributed by atoms with E-state index < -0.39 is 0 Å². The van der Waals surface area contributed by atoms with Crippen molar-refractivity contribution in [1.82, 2.24) is 15.3 Å². The van der Waals surface area contributed by atoms with Crippen molar-refractivity contribution in [1.29, 1.82) is 0 Å². The molecule has 0 bridgehead atoms. The number of amides is 1. The van der Waals surface area contributed by atoms with E-state index >= 15 is 0 Å². The summed E-state index contributed by atoms with van der Waals surface area (Å²) in [5.74, 6) is 1.01. The first-order valence-electron chi connectivity index (χ1n) is 6.38. The lowest BCUT2D eigenvalue weighted by atomic mass is 10.2. The summed E-state index contributed by atoms with van der Waals surface area (Å²) in [4.78, 5) is 20.4. The molecule has 5 nitrogen and oxygen atoms in total. The molecule has 0 spiro atoms. The Morgan fingerprint density at radius 1 is 1.48 bits per heavy atom. The Labute approximate surface area is 129 Å². The van der Waals surface area contributed by atoms with E-state index in [0.717, 1.165) is 21.0 Å². The molecule has 7 heteroatoms. The van der Waals surface area contributed by atoms with Crippen molar-refractivity contribution in [3.8, 4) is 0 Å². The Morgan fingerprint density at radius 3 is 3.19 bits per heavy atom. The maximum absolute atomic E-state index is 12.0. The zero-order valence-corrected chi connectivity index (χ0v) is 12.9. The Kier molecular flexibility index (Phi) is 4.21. The molecule has 0 aliphatic rings. The summed E-state index contributed by atoms with van der Waals surface area (Å²) in [5, 5.41) is 5.72. The van der Waals surface area contributed by atoms with Gasteiger partial charge in [0.1, 0.15) is 17.1 Å². The second-order valence-electron chi connectivity index (χ2n) is 4.41. The molecule has 0 aromatic carbocycles. The Morgan fingerprint density at radius 2 is 2.38 bits per heavy atom. The Bertz CT molecular complexity index is 740. The fourth-order valence-corrected chi connectivity index (χ4v) is 3.65. The summed E-state index contributed by atoms with van der Waals surface area (Å²) in [6.07, 6.45) is 3.13. The molecule has 0 radical (unpaired) electrons. The number of nitrogens with one attached hydrogen (secondary N) is 1. The van der Waals surface area contributed by atoms with E-state index in [1.54, 1.807) is 23.7 Å². The molecule has 3 rings (SSSR count). The van der Waals surface area contributed by atoms with Crippen LogP contribution in [-0.4, -0.2) is 21.6 Å². The highest BCUT2D eigenvalue weighted by Gasteiger charge is 2.13. The summed E-state index contributed by atoms with van der Waals surface area (Å²) in [7, 11) is 0. The third-order valence-corrected chi connectivity index (χ3v) is 4.93. The normalized spacial score (nSPS) is 12.4. The fraction of sp³-hybridized carbons (Fsp3) is 0.214. The first kappa shape index (κ1) is 14.1. The number of fused-ring (bicyclic) bond motifs is 1. The molecule has 0 aliphatic carbocycles. The van der Waals surface area contributed by atoms with E-state index in [1.807, 2.05) is 24.4 Å². The molecular formula is C14H13N3O2S2.